The maximum Gasteiger partial charge on any atom is 0.246 e. The maximum absolute atomic E-state index is 12.6. The predicted molar refractivity (Wildman–Crippen MR) is 110 cm³/mol. The first-order chi connectivity index (χ1) is 14.3. The van der Waals surface area contributed by atoms with E-state index >= 15 is 0 Å². The Morgan fingerprint density at radius 1 is 1.20 bits per heavy atom. The lowest BCUT2D eigenvalue weighted by molar-refractivity contribution is -0.122. The Balaban J connectivity index is 1.60. The predicted octanol–water partition coefficient (Wildman–Crippen LogP) is 1.11. The molecule has 2 aromatic rings. The van der Waals surface area contributed by atoms with Gasteiger partial charge in [0.2, 0.25) is 15.9 Å². The molecule has 0 spiro atoms. The third-order valence-electron chi connectivity index (χ3n) is 5.03. The van der Waals surface area contributed by atoms with Gasteiger partial charge in [-0.25, -0.2) is 8.42 Å². The molecule has 1 amide bonds. The molecule has 1 fully saturated rings. The highest BCUT2D eigenvalue weighted by atomic mass is 32.2. The van der Waals surface area contributed by atoms with Gasteiger partial charge in [0.15, 0.2) is 5.76 Å². The van der Waals surface area contributed by atoms with Crippen LogP contribution >= 0.6 is 0 Å². The van der Waals surface area contributed by atoms with E-state index in [1.54, 1.807) is 6.92 Å². The summed E-state index contributed by atoms with van der Waals surface area (Å²) in [6.45, 7) is 8.86. The van der Waals surface area contributed by atoms with Gasteiger partial charge in [0.05, 0.1) is 19.3 Å². The van der Waals surface area contributed by atoms with Crippen LogP contribution in [0.3, 0.4) is 0 Å². The molecule has 164 valence electrons. The van der Waals surface area contributed by atoms with Crippen molar-refractivity contribution in [3.63, 3.8) is 0 Å². The van der Waals surface area contributed by atoms with Crippen molar-refractivity contribution in [1.29, 1.82) is 0 Å². The summed E-state index contributed by atoms with van der Waals surface area (Å²) in [5.74, 6) is -0.226. The molecule has 2 N–H and O–H groups in total. The van der Waals surface area contributed by atoms with E-state index < -0.39 is 22.0 Å². The second-order valence-corrected chi connectivity index (χ2v) is 9.02. The average Bonchev–Trinajstić information content (AvgIpc) is 3.06. The van der Waals surface area contributed by atoms with Gasteiger partial charge in [-0.3, -0.25) is 9.69 Å². The van der Waals surface area contributed by atoms with Crippen molar-refractivity contribution in [2.75, 3.05) is 26.3 Å². The second-order valence-electron chi connectivity index (χ2n) is 7.37. The summed E-state index contributed by atoms with van der Waals surface area (Å²) in [6.07, 6.45) is 0. The molecule has 1 atom stereocenters. The fourth-order valence-corrected chi connectivity index (χ4v) is 4.96. The Bertz CT molecular complexity index is 963. The van der Waals surface area contributed by atoms with Gasteiger partial charge in [0.25, 0.3) is 0 Å². The molecule has 1 aromatic carbocycles. The zero-order valence-corrected chi connectivity index (χ0v) is 18.3. The molecule has 30 heavy (non-hydrogen) atoms. The van der Waals surface area contributed by atoms with Gasteiger partial charge in [-0.05, 0) is 31.9 Å². The number of hydrogen-bond donors (Lipinski definition) is 2. The molecule has 0 radical (unpaired) electrons. The minimum Gasteiger partial charge on any atom is -0.379 e. The van der Waals surface area contributed by atoms with Crippen LogP contribution in [0.4, 0.5) is 0 Å². The topological polar surface area (TPSA) is 114 Å². The number of sulfonamides is 1. The number of amides is 1. The number of nitrogens with one attached hydrogen (secondary N) is 2. The van der Waals surface area contributed by atoms with E-state index in [2.05, 4.69) is 20.1 Å². The smallest absolute Gasteiger partial charge is 0.246 e. The van der Waals surface area contributed by atoms with Crippen LogP contribution in [0.15, 0.2) is 33.7 Å². The Kier molecular flexibility index (Phi) is 7.24. The van der Waals surface area contributed by atoms with Gasteiger partial charge >= 0.3 is 0 Å². The molecule has 0 bridgehead atoms. The molecule has 0 aliphatic carbocycles. The number of nitrogens with zero attached hydrogens (tertiary/aromatic N) is 2. The Morgan fingerprint density at radius 3 is 2.50 bits per heavy atom. The van der Waals surface area contributed by atoms with Gasteiger partial charge in [-0.1, -0.05) is 29.4 Å². The van der Waals surface area contributed by atoms with Crippen molar-refractivity contribution in [2.45, 2.75) is 44.8 Å². The van der Waals surface area contributed by atoms with Crippen molar-refractivity contribution in [2.24, 2.45) is 0 Å². The van der Waals surface area contributed by atoms with Gasteiger partial charge in [-0.15, -0.1) is 0 Å². The monoisotopic (exact) mass is 436 g/mol. The number of aryl methyl sites for hydroxylation is 2. The summed E-state index contributed by atoms with van der Waals surface area (Å²) in [6, 6.07) is 6.96. The van der Waals surface area contributed by atoms with Gasteiger partial charge < -0.3 is 14.6 Å². The fourth-order valence-electron chi connectivity index (χ4n) is 3.42. The lowest BCUT2D eigenvalue weighted by Crippen LogP contribution is -2.44. The van der Waals surface area contributed by atoms with Crippen LogP contribution in [-0.4, -0.2) is 56.7 Å². The zero-order valence-electron chi connectivity index (χ0n) is 17.5. The second kappa shape index (κ2) is 9.69. The van der Waals surface area contributed by atoms with Gasteiger partial charge in [-0.2, -0.15) is 4.72 Å². The minimum atomic E-state index is -3.92. The molecule has 9 nitrogen and oxygen atoms in total. The highest BCUT2D eigenvalue weighted by Gasteiger charge is 2.28. The SMILES string of the molecule is Cc1noc(C)c1S(=O)(=O)N[C@@H](C)C(=O)NCc1ccccc1CN1CCOCC1. The van der Waals surface area contributed by atoms with E-state index in [1.807, 2.05) is 24.3 Å². The van der Waals surface area contributed by atoms with Crippen molar-refractivity contribution in [3.8, 4) is 0 Å². The number of morpholine rings is 1. The standard InChI is InChI=1S/C20H28N4O5S/c1-14-19(16(3)29-22-14)30(26,27)23-15(2)20(25)21-12-17-6-4-5-7-18(17)13-24-8-10-28-11-9-24/h4-7,15,23H,8-13H2,1-3H3,(H,21,25)/t15-/m0/s1. The summed E-state index contributed by atoms with van der Waals surface area (Å²) in [4.78, 5) is 14.8. The summed E-state index contributed by atoms with van der Waals surface area (Å²) >= 11 is 0. The Morgan fingerprint density at radius 2 is 1.87 bits per heavy atom. The van der Waals surface area contributed by atoms with Crippen LogP contribution < -0.4 is 10.0 Å². The van der Waals surface area contributed by atoms with E-state index in [1.165, 1.54) is 13.8 Å². The molecule has 1 aliphatic heterocycles. The minimum absolute atomic E-state index is 0.0296. The third-order valence-corrected chi connectivity index (χ3v) is 6.82. The number of carbonyl (C=O) groups is 1. The number of rotatable bonds is 8. The fraction of sp³-hybridized carbons (Fsp3) is 0.500. The Hall–Kier alpha value is -2.27. The molecule has 2 heterocycles. The molecule has 1 aliphatic rings. The van der Waals surface area contributed by atoms with Crippen LogP contribution in [0, 0.1) is 13.8 Å². The number of aromatic nitrogens is 1. The summed E-state index contributed by atoms with van der Waals surface area (Å²) < 4.78 is 37.9. The molecule has 1 saturated heterocycles. The lowest BCUT2D eigenvalue weighted by atomic mass is 10.1. The third kappa shape index (κ3) is 5.45. The first-order valence-corrected chi connectivity index (χ1v) is 11.4. The first kappa shape index (κ1) is 22.4. The zero-order chi connectivity index (χ0) is 21.7. The van der Waals surface area contributed by atoms with E-state index in [-0.39, 0.29) is 16.3 Å². The van der Waals surface area contributed by atoms with E-state index in [9.17, 15) is 13.2 Å². The summed E-state index contributed by atoms with van der Waals surface area (Å²) in [5.41, 5.74) is 2.38. The van der Waals surface area contributed by atoms with E-state index in [0.29, 0.717) is 6.54 Å². The van der Waals surface area contributed by atoms with Gasteiger partial charge in [0.1, 0.15) is 10.6 Å². The first-order valence-electron chi connectivity index (χ1n) is 9.87. The normalized spacial score (nSPS) is 16.4. The molecular weight excluding hydrogens is 408 g/mol. The lowest BCUT2D eigenvalue weighted by Gasteiger charge is -2.27. The van der Waals surface area contributed by atoms with Crippen LogP contribution in [0.1, 0.15) is 29.5 Å². The highest BCUT2D eigenvalue weighted by molar-refractivity contribution is 7.89. The van der Waals surface area contributed by atoms with Gasteiger partial charge in [0, 0.05) is 26.2 Å². The number of benzene rings is 1. The summed E-state index contributed by atoms with van der Waals surface area (Å²) in [5, 5.41) is 6.49. The molecule has 0 saturated carbocycles. The van der Waals surface area contributed by atoms with Crippen LogP contribution in [-0.2, 0) is 32.6 Å². The average molecular weight is 437 g/mol. The number of ether oxygens (including phenoxy) is 1. The largest absolute Gasteiger partial charge is 0.379 e. The summed E-state index contributed by atoms with van der Waals surface area (Å²) in [7, 11) is -3.92. The molecule has 1 aromatic heterocycles. The molecule has 0 unspecified atom stereocenters. The molecule has 10 heteroatoms. The maximum atomic E-state index is 12.6. The van der Waals surface area contributed by atoms with Crippen LogP contribution in [0.2, 0.25) is 0 Å². The molecular formula is C20H28N4O5S. The van der Waals surface area contributed by atoms with Crippen molar-refractivity contribution in [3.05, 3.63) is 46.8 Å². The van der Waals surface area contributed by atoms with E-state index in [0.717, 1.165) is 44.0 Å². The van der Waals surface area contributed by atoms with E-state index in [4.69, 9.17) is 9.26 Å². The number of carbonyl (C=O) groups excluding carboxylic acids is 1. The number of hydrogen-bond acceptors (Lipinski definition) is 7. The van der Waals surface area contributed by atoms with Crippen molar-refractivity contribution >= 4 is 15.9 Å². The van der Waals surface area contributed by atoms with Crippen LogP contribution in [0.5, 0.6) is 0 Å². The quantitative estimate of drug-likeness (QED) is 0.637. The van der Waals surface area contributed by atoms with Crippen molar-refractivity contribution < 1.29 is 22.5 Å². The Labute approximate surface area is 176 Å². The van der Waals surface area contributed by atoms with Crippen molar-refractivity contribution in [1.82, 2.24) is 20.1 Å². The van der Waals surface area contributed by atoms with Crippen LogP contribution in [0.25, 0.3) is 0 Å². The highest BCUT2D eigenvalue weighted by Crippen LogP contribution is 2.19. The molecule has 3 rings (SSSR count).